The predicted octanol–water partition coefficient (Wildman–Crippen LogP) is 20.3. The van der Waals surface area contributed by atoms with Crippen molar-refractivity contribution in [1.82, 2.24) is 63.7 Å². The number of ether oxygens (including phenoxy) is 4. The van der Waals surface area contributed by atoms with Crippen LogP contribution in [0.1, 0.15) is 135 Å². The van der Waals surface area contributed by atoms with Crippen molar-refractivity contribution in [2.75, 3.05) is 65.2 Å². The number of aromatic nitrogens is 13. The lowest BCUT2D eigenvalue weighted by Gasteiger charge is -2.27. The normalized spacial score (nSPS) is 12.7. The van der Waals surface area contributed by atoms with Gasteiger partial charge in [-0.05, 0) is 227 Å². The number of carbonyl (C=O) groups is 6. The number of thiophene rings is 7. The van der Waals surface area contributed by atoms with Gasteiger partial charge in [-0.3, -0.25) is 28.8 Å². The summed E-state index contributed by atoms with van der Waals surface area (Å²) in [6, 6.07) is 43.4. The Bertz CT molecular complexity index is 6030. The number of nitrogens with zero attached hydrogens (tertiary/aromatic N) is 14. The van der Waals surface area contributed by atoms with Crippen LogP contribution in [0.5, 0.6) is 5.75 Å². The first kappa shape index (κ1) is 88.9. The molecule has 1 saturated carbocycles. The maximum absolute atomic E-state index is 12.6. The molecule has 0 radical (unpaired) electrons. The van der Waals surface area contributed by atoms with Crippen molar-refractivity contribution in [3.05, 3.63) is 330 Å². The minimum Gasteiger partial charge on any atom is -0.493 e. The highest BCUT2D eigenvalue weighted by Gasteiger charge is 2.27. The lowest BCUT2D eigenvalue weighted by Crippen LogP contribution is -2.36. The number of hydrogen-bond donors (Lipinski definition) is 0. The lowest BCUT2D eigenvalue weighted by atomic mass is 9.85. The number of carbonyl (C=O) groups excluding carboxylic acids is 6. The van der Waals surface area contributed by atoms with E-state index in [2.05, 4.69) is 46.5 Å². The summed E-state index contributed by atoms with van der Waals surface area (Å²) in [4.78, 5) is 84.7. The first-order chi connectivity index (χ1) is 60.8. The van der Waals surface area contributed by atoms with Crippen molar-refractivity contribution in [2.24, 2.45) is 5.92 Å². The van der Waals surface area contributed by atoms with Gasteiger partial charge in [0.15, 0.2) is 5.75 Å². The smallest absolute Gasteiger partial charge is 0.288 e. The van der Waals surface area contributed by atoms with Crippen LogP contribution >= 0.6 is 91.0 Å². The number of rotatable bonds is 24. The second-order valence-electron chi connectivity index (χ2n) is 26.3. The summed E-state index contributed by atoms with van der Waals surface area (Å²) in [6.07, 6.45) is 40.7. The second kappa shape index (κ2) is 46.4. The fourth-order valence-corrected chi connectivity index (χ4v) is 16.0. The molecule has 1 aliphatic heterocycles. The first-order valence-electron chi connectivity index (χ1n) is 38.4. The molecular weight excluding hydrogens is 1730 g/mol. The third-order valence-electron chi connectivity index (χ3n) is 17.8. The van der Waals surface area contributed by atoms with Crippen LogP contribution in [0.15, 0.2) is 247 Å². The summed E-state index contributed by atoms with van der Waals surface area (Å²) >= 11 is 16.8. The van der Waals surface area contributed by atoms with Crippen LogP contribution in [0, 0.1) is 5.92 Å². The van der Waals surface area contributed by atoms with Crippen LogP contribution in [-0.2, 0) is 14.2 Å². The molecule has 16 aromatic heterocycles. The molecule has 26 nitrogen and oxygen atoms in total. The molecule has 0 unspecified atom stereocenters. The van der Waals surface area contributed by atoms with Gasteiger partial charge in [0.25, 0.3) is 29.5 Å². The largest absolute Gasteiger partial charge is 0.493 e. The summed E-state index contributed by atoms with van der Waals surface area (Å²) in [7, 11) is 3.07. The Morgan fingerprint density at radius 2 is 0.911 bits per heavy atom. The Morgan fingerprint density at radius 1 is 0.452 bits per heavy atom. The quantitative estimate of drug-likeness (QED) is 0.0508. The average molecular weight is 1810 g/mol. The third kappa shape index (κ3) is 26.3. The van der Waals surface area contributed by atoms with Gasteiger partial charge < -0.3 is 32.7 Å². The van der Waals surface area contributed by atoms with Crippen molar-refractivity contribution >= 4 is 205 Å². The number of pyridine rings is 1. The van der Waals surface area contributed by atoms with Crippen LogP contribution in [0.4, 0.5) is 5.82 Å². The highest BCUT2D eigenvalue weighted by atomic mass is 35.5. The Morgan fingerprint density at radius 3 is 1.34 bits per heavy atom. The van der Waals surface area contributed by atoms with Gasteiger partial charge in [0.05, 0.1) is 102 Å². The number of hydrogen-bond acceptors (Lipinski definition) is 27. The molecule has 1 aliphatic carbocycles. The molecule has 18 rings (SSSR count). The zero-order valence-electron chi connectivity index (χ0n) is 66.6. The number of anilines is 1. The molecule has 17 heterocycles. The zero-order valence-corrected chi connectivity index (χ0v) is 73.0. The molecule has 2 fully saturated rings. The predicted molar refractivity (Wildman–Crippen MR) is 494 cm³/mol. The molecular formula is C90H79ClN14O12S7. The van der Waals surface area contributed by atoms with E-state index in [-0.39, 0.29) is 48.0 Å². The fraction of sp³-hybridized carbons (Fsp3) is 0.144. The van der Waals surface area contributed by atoms with E-state index in [1.54, 1.807) is 181 Å². The molecule has 2 aliphatic rings. The summed E-state index contributed by atoms with van der Waals surface area (Å²) in [6.45, 7) is 3.84. The minimum absolute atomic E-state index is 0.0215. The minimum atomic E-state index is -0.268. The number of methoxy groups -OCH3 is 2. The third-order valence-corrected chi connectivity index (χ3v) is 23.9. The standard InChI is InChI=1S/C19H18N4O3.C15H11ClN2O2S2.C14H16N2O4.2C14H10N2OS2.C14H14N2OS/c24-19(15-3-6-18(20-14-15)22-9-12-25-13-10-22)23-8-7-16(21-23)4-5-17-2-1-11-26-17;1-20-13-12(9-22-14(13)16)15(19)18-7-6-10(17-18)4-5-11-3-2-8-21-11;1-18-9-10-19-11-14(17)16-7-6-12(15-16)4-5-13-3-2-8-20-13;17-14(13-4-2-10-19-13)16-8-7-11(15-16)5-6-12-3-1-9-18-12;17-14(11-6-9-18-10-11)16-7-5-12(15-16)3-4-13-2-1-8-19-13;17-14(11-3-1-4-11)16-9-8-12(15-16)6-7-13-5-2-10-18-13/h1-8,11,14H,9-10,12-13H2;2-9H,1H3;2-8H,9-11H2,1H3;2*1-10H;2,5-11H,1,3-4H2/b3*5-4+;6-5+;4-3+;7-6+. The maximum Gasteiger partial charge on any atom is 0.288 e. The van der Waals surface area contributed by atoms with Crippen LogP contribution in [-0.4, -0.2) is 159 Å². The molecule has 1 saturated heterocycles. The Kier molecular flexibility index (Phi) is 33.2. The summed E-state index contributed by atoms with van der Waals surface area (Å²) < 4.78 is 39.4. The molecule has 124 heavy (non-hydrogen) atoms. The summed E-state index contributed by atoms with van der Waals surface area (Å²) in [5.41, 5.74) is 6.01. The van der Waals surface area contributed by atoms with Gasteiger partial charge in [0, 0.05) is 99.8 Å². The van der Waals surface area contributed by atoms with Crippen LogP contribution < -0.4 is 9.64 Å². The Hall–Kier alpha value is -12.9. The van der Waals surface area contributed by atoms with E-state index in [0.29, 0.717) is 75.2 Å². The van der Waals surface area contributed by atoms with Crippen LogP contribution in [0.25, 0.3) is 72.9 Å². The molecule has 0 bridgehead atoms. The molecule has 16 aromatic rings. The Labute approximate surface area is 745 Å². The molecule has 0 N–H and O–H groups in total. The first-order valence-corrected chi connectivity index (χ1v) is 45.0. The number of halogens is 1. The molecule has 0 amide bonds. The van der Waals surface area contributed by atoms with Gasteiger partial charge in [0.1, 0.15) is 28.3 Å². The van der Waals surface area contributed by atoms with Crippen molar-refractivity contribution in [2.45, 2.75) is 19.3 Å². The number of furan rings is 2. The summed E-state index contributed by atoms with van der Waals surface area (Å²) in [5.74, 6) is 2.13. The Balaban J connectivity index is 0.000000128. The average Bonchev–Trinajstić information content (AvgIpc) is 1.69. The van der Waals surface area contributed by atoms with Gasteiger partial charge in [-0.1, -0.05) is 48.4 Å². The SMILES string of the molecule is COCCOCC(=O)n1ccc(/C=C/c2ccco2)n1.COc1c(C(=O)n2ccc(/C=C/c3cccs3)n2)csc1Cl.O=C(C1CCC1)n1ccc(/C=C/c2cccs2)n1.O=C(c1ccc(N2CCOCC2)nc1)n1ccc(/C=C/c2ccco2)n1.O=C(c1cccs1)n1ccc(/C=C/c2cccs2)n1.O=C(c1ccsc1)n1ccc(/C=C/c2cccs2)n1. The fourth-order valence-electron chi connectivity index (χ4n) is 11.2. The van der Waals surface area contributed by atoms with E-state index >= 15 is 0 Å². The molecule has 34 heteroatoms. The molecule has 0 atom stereocenters. The van der Waals surface area contributed by atoms with Crippen LogP contribution in [0.2, 0.25) is 4.34 Å². The van der Waals surface area contributed by atoms with Crippen molar-refractivity contribution < 1.29 is 56.5 Å². The molecule has 0 aromatic carbocycles. The zero-order chi connectivity index (χ0) is 86.0. The van der Waals surface area contributed by atoms with Crippen molar-refractivity contribution in [1.29, 1.82) is 0 Å². The molecule has 630 valence electrons. The lowest BCUT2D eigenvalue weighted by molar-refractivity contribution is 0.0503. The highest BCUT2D eigenvalue weighted by molar-refractivity contribution is 7.15. The highest BCUT2D eigenvalue weighted by Crippen LogP contribution is 2.36. The molecule has 0 spiro atoms. The monoisotopic (exact) mass is 1810 g/mol. The van der Waals surface area contributed by atoms with E-state index in [1.165, 1.54) is 90.3 Å². The second-order valence-corrected chi connectivity index (χ2v) is 33.4. The van der Waals surface area contributed by atoms with E-state index in [0.717, 1.165) is 65.2 Å². The topological polar surface area (TPSA) is 289 Å². The van der Waals surface area contributed by atoms with E-state index in [1.807, 2.05) is 177 Å². The van der Waals surface area contributed by atoms with Crippen molar-refractivity contribution in [3.63, 3.8) is 0 Å². The van der Waals surface area contributed by atoms with E-state index < -0.39 is 0 Å². The van der Waals surface area contributed by atoms with Gasteiger partial charge in [0.2, 0.25) is 5.91 Å². The van der Waals surface area contributed by atoms with E-state index in [9.17, 15) is 28.8 Å². The summed E-state index contributed by atoms with van der Waals surface area (Å²) in [5, 5.41) is 40.9. The van der Waals surface area contributed by atoms with Gasteiger partial charge in [-0.15, -0.1) is 68.0 Å². The van der Waals surface area contributed by atoms with E-state index in [4.69, 9.17) is 39.4 Å². The number of morpholine rings is 1. The van der Waals surface area contributed by atoms with Crippen molar-refractivity contribution in [3.8, 4) is 5.75 Å². The van der Waals surface area contributed by atoms with Gasteiger partial charge in [-0.2, -0.15) is 41.9 Å². The maximum atomic E-state index is 12.6. The van der Waals surface area contributed by atoms with Gasteiger partial charge in [-0.25, -0.2) is 33.1 Å². The van der Waals surface area contributed by atoms with Gasteiger partial charge >= 0.3 is 0 Å². The van der Waals surface area contributed by atoms with Crippen LogP contribution in [0.3, 0.4) is 0 Å².